The van der Waals surface area contributed by atoms with Crippen molar-refractivity contribution < 1.29 is 19.1 Å². The van der Waals surface area contributed by atoms with Crippen LogP contribution in [-0.4, -0.2) is 73.9 Å². The van der Waals surface area contributed by atoms with E-state index < -0.39 is 8.32 Å². The van der Waals surface area contributed by atoms with Crippen molar-refractivity contribution in [3.05, 3.63) is 45.6 Å². The summed E-state index contributed by atoms with van der Waals surface area (Å²) in [5, 5.41) is 8.98. The van der Waals surface area contributed by atoms with Gasteiger partial charge in [0, 0.05) is 33.5 Å². The predicted molar refractivity (Wildman–Crippen MR) is 557 cm³/mol. The Labute approximate surface area is 632 Å². The second-order valence-electron chi connectivity index (χ2n) is 21.8. The molecule has 0 aromatic carbocycles. The van der Waals surface area contributed by atoms with Crippen LogP contribution in [0.1, 0.15) is 139 Å². The maximum absolute atomic E-state index is 12.7. The first-order chi connectivity index (χ1) is 41.1. The number of aliphatic hydroxyl groups is 1. The summed E-state index contributed by atoms with van der Waals surface area (Å²) >= 11 is 2.23. The molecule has 6 nitrogen and oxygen atoms in total. The van der Waals surface area contributed by atoms with Crippen molar-refractivity contribution in [1.82, 2.24) is 9.80 Å². The van der Waals surface area contributed by atoms with Crippen molar-refractivity contribution >= 4 is 357 Å². The summed E-state index contributed by atoms with van der Waals surface area (Å²) in [4.78, 5) is 29.1. The first-order valence-corrected chi connectivity index (χ1v) is 102. The van der Waals surface area contributed by atoms with Gasteiger partial charge >= 0.3 is 0 Å². The molecule has 1 rings (SSSR count). The monoisotopic (exact) mass is 2080 g/mol. The lowest BCUT2D eigenvalue weighted by atomic mass is 9.91. The molecule has 0 bridgehead atoms. The number of amides is 2. The zero-order valence-corrected chi connectivity index (χ0v) is 98.3. The fourth-order valence-corrected chi connectivity index (χ4v) is 456. The smallest absolute Gasteiger partial charge is 0.222 e. The first kappa shape index (κ1) is 109. The molecule has 0 aliphatic carbocycles. The third-order valence-corrected chi connectivity index (χ3v) is 261. The molecule has 0 saturated heterocycles. The van der Waals surface area contributed by atoms with E-state index >= 15 is 0 Å². The molecule has 0 spiro atoms. The van der Waals surface area contributed by atoms with E-state index in [1.54, 1.807) is 0 Å². The van der Waals surface area contributed by atoms with E-state index in [9.17, 15) is 9.59 Å². The molecule has 0 radical (unpaired) electrons. The first-order valence-electron chi connectivity index (χ1n) is 28.2. The number of carbonyl (C=O) groups excluding carboxylic acids is 2. The van der Waals surface area contributed by atoms with Crippen LogP contribution in [0.3, 0.4) is 0 Å². The van der Waals surface area contributed by atoms with Crippen LogP contribution in [0.25, 0.3) is 0 Å². The minimum absolute atomic E-state index is 0.0247. The van der Waals surface area contributed by atoms with Crippen LogP contribution in [-0.2, 0) is 14.0 Å². The topological polar surface area (TPSA) is 70.1 Å². The summed E-state index contributed by atoms with van der Waals surface area (Å²) in [7, 11) is 69.3. The van der Waals surface area contributed by atoms with Crippen LogP contribution in [0.4, 0.5) is 0 Å². The van der Waals surface area contributed by atoms with Gasteiger partial charge < -0.3 is 19.3 Å². The number of hydrogen-bond acceptors (Lipinski definition) is 4. The van der Waals surface area contributed by atoms with Gasteiger partial charge in [-0.05, 0) is 205 Å². The average molecular weight is 2080 g/mol. The van der Waals surface area contributed by atoms with Gasteiger partial charge in [-0.3, -0.25) is 9.59 Å². The van der Waals surface area contributed by atoms with Crippen molar-refractivity contribution in [3.63, 3.8) is 0 Å². The standard InChI is InChI=1S/C24H45NO2Si.C18H32INO2.H22P20.H21P19/c1-10-14-19(2)23-20(3)17-18-21(27-28(8,9)24(4,5)6)15-12-11-13-16-22(26)25(23)7;1-5-10-15(2)18(16(3)12-13-19)20(4)17(22)11-8-6-7-9-14-21;1-12(2)17(11)20(18(13(3)4)14(5)6)19(15(7)8)16(9)10;1-11-16(10)19(17(12(2)3)13(4)5)18(14(6)7)15(8)9/h14,17-18,20-21,23H,10-13,15-16H2,1-9H3;10,12-13,16,18,21H,5-9,11,14H2,1-4H3;1-11H2;11H,1-10H2/b18-17+,19-14+;13-12+,15-10+;;/t20-,21?,23+;16-,18+;;/m00../s1. The molecular formula is C42H120IN2O4P39Si. The highest BCUT2D eigenvalue weighted by molar-refractivity contribution is 14.1. The van der Waals surface area contributed by atoms with Gasteiger partial charge in [0.2, 0.25) is 11.8 Å². The number of unbranched alkanes of at least 4 members (excludes halogenated alkanes) is 3. The van der Waals surface area contributed by atoms with E-state index in [1.807, 2.05) is 28.0 Å². The largest absolute Gasteiger partial charge is 0.411 e. The number of carbonyl (C=O) groups is 2. The van der Waals surface area contributed by atoms with Gasteiger partial charge in [-0.15, -0.1) is 187 Å². The normalized spacial score (nSPS) is 19.2. The molecule has 0 aromatic heterocycles. The van der Waals surface area contributed by atoms with Crippen molar-refractivity contribution in [3.8, 4) is 0 Å². The summed E-state index contributed by atoms with van der Waals surface area (Å²) < 4.78 is 8.77. The van der Waals surface area contributed by atoms with Gasteiger partial charge in [0.1, 0.15) is 0 Å². The van der Waals surface area contributed by atoms with Crippen LogP contribution in [0.5, 0.6) is 0 Å². The zero-order valence-electron chi connectivity index (χ0n) is 54.7. The number of hydrogen-bond donors (Lipinski definition) is 1. The molecule has 0 aromatic rings. The minimum atomic E-state index is -1.81. The van der Waals surface area contributed by atoms with Crippen LogP contribution in [0, 0.1) is 11.8 Å². The zero-order chi connectivity index (χ0) is 70.0. The number of nitrogens with zero attached hydrogens (tertiary/aromatic N) is 2. The van der Waals surface area contributed by atoms with Gasteiger partial charge in [-0.2, -0.15) is 0 Å². The van der Waals surface area contributed by atoms with Crippen molar-refractivity contribution in [1.29, 1.82) is 0 Å². The Bertz CT molecular complexity index is 1950. The summed E-state index contributed by atoms with van der Waals surface area (Å²) in [6.45, 7) is 26.3. The summed E-state index contributed by atoms with van der Waals surface area (Å²) in [5.74, 6) is 1.06. The minimum Gasteiger partial charge on any atom is -0.411 e. The summed E-state index contributed by atoms with van der Waals surface area (Å²) in [5.41, 5.74) is 2.55. The molecule has 47 heteroatoms. The second-order valence-corrected chi connectivity index (χ2v) is 179. The van der Waals surface area contributed by atoms with Crippen LogP contribution in [0.15, 0.2) is 45.6 Å². The highest BCUT2D eigenvalue weighted by atomic mass is 127. The number of rotatable bonds is 31. The molecule has 1 aliphatic rings. The lowest BCUT2D eigenvalue weighted by molar-refractivity contribution is -0.132. The molecular weight excluding hydrogens is 1960 g/mol. The fourth-order valence-electron chi connectivity index (χ4n) is 8.45. The number of allylic oxidation sites excluding steroid dienone is 2. The van der Waals surface area contributed by atoms with E-state index in [1.165, 1.54) is 11.1 Å². The Hall–Kier alpha value is 15.5. The third kappa shape index (κ3) is 45.9. The van der Waals surface area contributed by atoms with Crippen molar-refractivity contribution in [2.45, 2.75) is 176 Å². The van der Waals surface area contributed by atoms with E-state index in [4.69, 9.17) is 9.53 Å². The van der Waals surface area contributed by atoms with Gasteiger partial charge in [0.25, 0.3) is 0 Å². The highest BCUT2D eigenvalue weighted by Gasteiger charge is 2.43. The Morgan fingerprint density at radius 3 is 1.54 bits per heavy atom. The number of halogens is 1. The molecule has 2 amide bonds. The van der Waals surface area contributed by atoms with Gasteiger partial charge in [0.15, 0.2) is 8.32 Å². The van der Waals surface area contributed by atoms with Crippen LogP contribution < -0.4 is 0 Å². The number of likely N-dealkylation sites (N-methyl/N-ethyl adjacent to an activating group) is 2. The molecule has 528 valence electrons. The third-order valence-electron chi connectivity index (χ3n) is 13.6. The molecule has 0 fully saturated rings. The van der Waals surface area contributed by atoms with E-state index in [2.05, 4.69) is 316 Å². The maximum atomic E-state index is 12.7. The van der Waals surface area contributed by atoms with Crippen molar-refractivity contribution in [2.24, 2.45) is 11.8 Å². The number of aliphatic hydroxyl groups excluding tert-OH is 1. The molecule has 1 heterocycles. The quantitative estimate of drug-likeness (QED) is 0.0247. The van der Waals surface area contributed by atoms with Gasteiger partial charge in [-0.25, -0.2) is 0 Å². The molecule has 1 aliphatic heterocycles. The molecule has 0 saturated carbocycles. The Morgan fingerprint density at radius 2 is 1.16 bits per heavy atom. The fraction of sp³-hybridized carbons (Fsp3) is 0.762. The Morgan fingerprint density at radius 1 is 0.719 bits per heavy atom. The predicted octanol–water partition coefficient (Wildman–Crippen LogP) is 33.5. The summed E-state index contributed by atoms with van der Waals surface area (Å²) in [6.07, 6.45) is 22.6. The van der Waals surface area contributed by atoms with E-state index in [-0.39, 0.29) is 166 Å². The highest BCUT2D eigenvalue weighted by Crippen LogP contribution is 3.31. The van der Waals surface area contributed by atoms with Crippen LogP contribution in [0.2, 0.25) is 18.1 Å². The van der Waals surface area contributed by atoms with E-state index in [0.29, 0.717) is 18.8 Å². The Kier molecular flexibility index (Phi) is 75.7. The van der Waals surface area contributed by atoms with Crippen LogP contribution >= 0.6 is 337 Å². The lowest BCUT2D eigenvalue weighted by Gasteiger charge is -2.45. The molecule has 1 N–H and O–H groups in total. The van der Waals surface area contributed by atoms with E-state index in [0.717, 1.165) is 72.2 Å². The molecule has 29 atom stereocenters. The molecule has 25 unspecified atom stereocenters. The van der Waals surface area contributed by atoms with Gasteiger partial charge in [-0.1, -0.05) is 146 Å². The second kappa shape index (κ2) is 62.0. The summed E-state index contributed by atoms with van der Waals surface area (Å²) in [6, 6.07) is 0.257. The van der Waals surface area contributed by atoms with Crippen molar-refractivity contribution in [2.75, 3.05) is 20.7 Å². The average Bonchev–Trinajstić information content (AvgIpc) is 1.60. The lowest BCUT2D eigenvalue weighted by Crippen LogP contribution is -2.44. The maximum Gasteiger partial charge on any atom is 0.222 e. The molecule has 89 heavy (non-hydrogen) atoms. The van der Waals surface area contributed by atoms with Gasteiger partial charge in [0.05, 0.1) is 18.2 Å². The Balaban J connectivity index is -0.00000112. The SMILES string of the molecule is CC/C=C(\C)[C@@H]1[C@@H](C)/C=C/C(O[Si](C)(C)C(C)(C)C)CCCCCC(=O)N1C.CC/C=C(\C)[C@H]([C@@H](C)/C=C/I)N(C)C(=O)CCCCCCO.PP(P)P(P)P(P(P(P)P)P(P)P)P(P(P)P)P(P)P.PPP(P)P(P(P(P)P)P(P)P)P(P(P)P)P(P)P.